The topological polar surface area (TPSA) is 47.6 Å². The van der Waals surface area contributed by atoms with Gasteiger partial charge in [0.25, 0.3) is 0 Å². The zero-order valence-corrected chi connectivity index (χ0v) is 17.9. The zero-order valence-electron chi connectivity index (χ0n) is 16.2. The highest BCUT2D eigenvalue weighted by Gasteiger charge is 2.29. The number of carbonyl (C=O) groups is 1. The number of likely N-dealkylation sites (N-methyl/N-ethyl adjacent to an activating group) is 1. The summed E-state index contributed by atoms with van der Waals surface area (Å²) in [5, 5.41) is 6.67. The van der Waals surface area contributed by atoms with E-state index in [2.05, 4.69) is 39.6 Å². The summed E-state index contributed by atoms with van der Waals surface area (Å²) in [4.78, 5) is 17.6. The highest BCUT2D eigenvalue weighted by Crippen LogP contribution is 2.22. The maximum absolute atomic E-state index is 13.0. The number of rotatable bonds is 6. The molecule has 0 radical (unpaired) electrons. The Morgan fingerprint density at radius 3 is 2.52 bits per heavy atom. The normalized spacial score (nSPS) is 22.2. The quantitative estimate of drug-likeness (QED) is 0.746. The van der Waals surface area contributed by atoms with Crippen LogP contribution in [0.25, 0.3) is 0 Å². The van der Waals surface area contributed by atoms with Crippen molar-refractivity contribution in [2.75, 3.05) is 52.9 Å². The Morgan fingerprint density at radius 1 is 1.19 bits per heavy atom. The molecule has 0 saturated carbocycles. The van der Waals surface area contributed by atoms with E-state index in [1.165, 1.54) is 12.8 Å². The van der Waals surface area contributed by atoms with Gasteiger partial charge in [-0.25, -0.2) is 0 Å². The average Bonchev–Trinajstić information content (AvgIpc) is 2.65. The predicted octanol–water partition coefficient (Wildman–Crippen LogP) is 2.32. The first kappa shape index (κ1) is 24.2. The molecule has 1 amide bonds. The van der Waals surface area contributed by atoms with E-state index in [9.17, 15) is 4.79 Å². The lowest BCUT2D eigenvalue weighted by Gasteiger charge is -2.37. The molecule has 2 saturated heterocycles. The summed E-state index contributed by atoms with van der Waals surface area (Å²) in [5.74, 6) is 0.854. The van der Waals surface area contributed by atoms with Gasteiger partial charge in [-0.2, -0.15) is 0 Å². The molecule has 154 valence electrons. The second-order valence-electron chi connectivity index (χ2n) is 7.44. The maximum Gasteiger partial charge on any atom is 0.241 e. The molecule has 0 spiro atoms. The number of hydrogen-bond donors (Lipinski definition) is 2. The van der Waals surface area contributed by atoms with Gasteiger partial charge < -0.3 is 15.5 Å². The van der Waals surface area contributed by atoms with Gasteiger partial charge in [0.15, 0.2) is 0 Å². The number of hydrogen-bond acceptors (Lipinski definition) is 4. The minimum Gasteiger partial charge on any atom is -0.354 e. The summed E-state index contributed by atoms with van der Waals surface area (Å²) < 4.78 is 0. The molecule has 2 aliphatic heterocycles. The van der Waals surface area contributed by atoms with Gasteiger partial charge >= 0.3 is 0 Å². The van der Waals surface area contributed by atoms with Gasteiger partial charge in [0.1, 0.15) is 6.04 Å². The summed E-state index contributed by atoms with van der Waals surface area (Å²) in [6, 6.07) is 10.1. The fourth-order valence-electron chi connectivity index (χ4n) is 3.91. The molecule has 1 aromatic rings. The fourth-order valence-corrected chi connectivity index (χ4v) is 3.91. The van der Waals surface area contributed by atoms with E-state index in [4.69, 9.17) is 0 Å². The Hall–Kier alpha value is -0.850. The number of amides is 1. The van der Waals surface area contributed by atoms with Crippen molar-refractivity contribution in [1.29, 1.82) is 0 Å². The summed E-state index contributed by atoms with van der Waals surface area (Å²) in [7, 11) is 2.15. The number of nitrogens with zero attached hydrogens (tertiary/aromatic N) is 2. The van der Waals surface area contributed by atoms with Crippen molar-refractivity contribution in [3.63, 3.8) is 0 Å². The molecule has 3 rings (SSSR count). The smallest absolute Gasteiger partial charge is 0.241 e. The van der Waals surface area contributed by atoms with Crippen LogP contribution in [0.5, 0.6) is 0 Å². The van der Waals surface area contributed by atoms with Crippen molar-refractivity contribution in [2.45, 2.75) is 25.3 Å². The Labute approximate surface area is 176 Å². The minimum atomic E-state index is -0.167. The first-order valence-electron chi connectivity index (χ1n) is 9.70. The van der Waals surface area contributed by atoms with Crippen LogP contribution in [-0.2, 0) is 4.79 Å². The molecular formula is C20H34Cl2N4O. The molecule has 2 atom stereocenters. The van der Waals surface area contributed by atoms with Crippen molar-refractivity contribution in [2.24, 2.45) is 5.92 Å². The van der Waals surface area contributed by atoms with Gasteiger partial charge in [0.2, 0.25) is 5.91 Å². The van der Waals surface area contributed by atoms with Crippen molar-refractivity contribution in [3.8, 4) is 0 Å². The number of carbonyl (C=O) groups excluding carboxylic acids is 1. The van der Waals surface area contributed by atoms with Gasteiger partial charge in [0.05, 0.1) is 0 Å². The molecule has 7 heteroatoms. The third kappa shape index (κ3) is 7.24. The number of piperidine rings is 1. The second kappa shape index (κ2) is 12.6. The van der Waals surface area contributed by atoms with Crippen molar-refractivity contribution >= 4 is 30.7 Å². The summed E-state index contributed by atoms with van der Waals surface area (Å²) in [6.07, 6.45) is 3.61. The highest BCUT2D eigenvalue weighted by molar-refractivity contribution is 5.85. The third-order valence-corrected chi connectivity index (χ3v) is 5.52. The molecule has 0 aromatic heterocycles. The molecular weight excluding hydrogens is 383 g/mol. The Bertz CT molecular complexity index is 532. The van der Waals surface area contributed by atoms with Gasteiger partial charge in [-0.3, -0.25) is 9.69 Å². The van der Waals surface area contributed by atoms with Crippen LogP contribution in [0.15, 0.2) is 30.3 Å². The lowest BCUT2D eigenvalue weighted by Crippen LogP contribution is -2.50. The van der Waals surface area contributed by atoms with Crippen LogP contribution in [-0.4, -0.2) is 68.6 Å². The number of nitrogens with one attached hydrogen (secondary N) is 2. The molecule has 2 N–H and O–H groups in total. The van der Waals surface area contributed by atoms with E-state index in [1.54, 1.807) is 0 Å². The maximum atomic E-state index is 13.0. The highest BCUT2D eigenvalue weighted by atomic mass is 35.5. The molecule has 2 fully saturated rings. The van der Waals surface area contributed by atoms with Crippen molar-refractivity contribution < 1.29 is 4.79 Å². The Morgan fingerprint density at radius 2 is 1.89 bits per heavy atom. The van der Waals surface area contributed by atoms with Crippen LogP contribution in [0.3, 0.4) is 0 Å². The molecule has 2 heterocycles. The molecule has 2 unspecified atom stereocenters. The van der Waals surface area contributed by atoms with Crippen LogP contribution in [0.1, 0.15) is 30.9 Å². The molecule has 0 bridgehead atoms. The van der Waals surface area contributed by atoms with Gasteiger partial charge in [-0.1, -0.05) is 30.3 Å². The number of piperazine rings is 1. The first-order valence-corrected chi connectivity index (χ1v) is 9.70. The van der Waals surface area contributed by atoms with Crippen LogP contribution >= 0.6 is 24.8 Å². The molecule has 1 aromatic carbocycles. The van der Waals surface area contributed by atoms with Gasteiger partial charge in [-0.05, 0) is 50.9 Å². The van der Waals surface area contributed by atoms with Crippen molar-refractivity contribution in [3.05, 3.63) is 35.9 Å². The SMILES string of the molecule is CN1CCN(C(C(=O)NCCC2CCCNC2)c2ccccc2)CC1.Cl.Cl. The van der Waals surface area contributed by atoms with E-state index in [-0.39, 0.29) is 36.8 Å². The van der Waals surface area contributed by atoms with Crippen LogP contribution in [0.4, 0.5) is 0 Å². The van der Waals surface area contributed by atoms with Crippen molar-refractivity contribution in [1.82, 2.24) is 20.4 Å². The molecule has 2 aliphatic rings. The second-order valence-corrected chi connectivity index (χ2v) is 7.44. The fraction of sp³-hybridized carbons (Fsp3) is 0.650. The minimum absolute atomic E-state index is 0. The van der Waals surface area contributed by atoms with Crippen LogP contribution < -0.4 is 10.6 Å². The third-order valence-electron chi connectivity index (χ3n) is 5.52. The van der Waals surface area contributed by atoms with Gasteiger partial charge in [0, 0.05) is 32.7 Å². The standard InChI is InChI=1S/C20H32N4O.2ClH/c1-23-12-14-24(15-13-23)19(18-7-3-2-4-8-18)20(25)22-11-9-17-6-5-10-21-16-17;;/h2-4,7-8,17,19,21H,5-6,9-16H2,1H3,(H,22,25);2*1H. The molecule has 27 heavy (non-hydrogen) atoms. The van der Waals surface area contributed by atoms with E-state index < -0.39 is 0 Å². The zero-order chi connectivity index (χ0) is 17.5. The first-order chi connectivity index (χ1) is 12.2. The molecule has 5 nitrogen and oxygen atoms in total. The monoisotopic (exact) mass is 416 g/mol. The Balaban J connectivity index is 0.00000182. The van der Waals surface area contributed by atoms with Gasteiger partial charge in [-0.15, -0.1) is 24.8 Å². The summed E-state index contributed by atoms with van der Waals surface area (Å²) >= 11 is 0. The molecule has 0 aliphatic carbocycles. The largest absolute Gasteiger partial charge is 0.354 e. The Kier molecular flexibility index (Phi) is 11.3. The number of halogens is 2. The summed E-state index contributed by atoms with van der Waals surface area (Å²) in [5.41, 5.74) is 1.10. The lowest BCUT2D eigenvalue weighted by atomic mass is 9.96. The van der Waals surface area contributed by atoms with E-state index in [0.717, 1.165) is 57.8 Å². The number of benzene rings is 1. The predicted molar refractivity (Wildman–Crippen MR) is 116 cm³/mol. The van der Waals surface area contributed by atoms with Crippen LogP contribution in [0.2, 0.25) is 0 Å². The summed E-state index contributed by atoms with van der Waals surface area (Å²) in [6.45, 7) is 6.93. The van der Waals surface area contributed by atoms with E-state index in [0.29, 0.717) is 5.92 Å². The lowest BCUT2D eigenvalue weighted by molar-refractivity contribution is -0.127. The van der Waals surface area contributed by atoms with Crippen LogP contribution in [0, 0.1) is 5.92 Å². The van der Waals surface area contributed by atoms with E-state index in [1.807, 2.05) is 18.2 Å². The van der Waals surface area contributed by atoms with E-state index >= 15 is 0 Å². The average molecular weight is 417 g/mol.